The maximum atomic E-state index is 12.3. The third-order valence-corrected chi connectivity index (χ3v) is 3.72. The van der Waals surface area contributed by atoms with Crippen molar-refractivity contribution in [2.75, 3.05) is 19.6 Å². The van der Waals surface area contributed by atoms with Crippen molar-refractivity contribution in [2.45, 2.75) is 26.3 Å². The molecule has 0 aromatic carbocycles. The number of hydrogen-bond donors (Lipinski definition) is 1. The quantitative estimate of drug-likeness (QED) is 0.863. The Morgan fingerprint density at radius 3 is 2.90 bits per heavy atom. The van der Waals surface area contributed by atoms with Gasteiger partial charge in [-0.1, -0.05) is 6.07 Å². The Kier molecular flexibility index (Phi) is 5.14. The van der Waals surface area contributed by atoms with E-state index in [9.17, 15) is 14.4 Å². The number of pyridine rings is 1. The molecule has 1 aromatic rings. The van der Waals surface area contributed by atoms with E-state index in [0.717, 1.165) is 19.4 Å². The highest BCUT2D eigenvalue weighted by Crippen LogP contribution is 2.16. The molecule has 2 heterocycles. The highest BCUT2D eigenvalue weighted by atomic mass is 16.2. The second kappa shape index (κ2) is 7.06. The molecule has 1 saturated heterocycles. The third-order valence-electron chi connectivity index (χ3n) is 3.72. The molecule has 1 unspecified atom stereocenters. The van der Waals surface area contributed by atoms with Crippen LogP contribution in [-0.4, -0.2) is 40.9 Å². The lowest BCUT2D eigenvalue weighted by molar-refractivity contribution is -0.133. The van der Waals surface area contributed by atoms with E-state index >= 15 is 0 Å². The van der Waals surface area contributed by atoms with E-state index in [1.165, 1.54) is 17.6 Å². The molecule has 1 atom stereocenters. The normalized spacial score (nSPS) is 18.3. The number of nitrogens with one attached hydrogen (secondary N) is 1. The number of aromatic nitrogens is 1. The number of nitrogens with zero attached hydrogens (tertiary/aromatic N) is 2. The van der Waals surface area contributed by atoms with Crippen LogP contribution in [0, 0.1) is 5.92 Å². The lowest BCUT2D eigenvalue weighted by atomic mass is 9.98. The monoisotopic (exact) mass is 291 g/mol. The molecular formula is C15H21N3O3. The average Bonchev–Trinajstić information content (AvgIpc) is 2.48. The van der Waals surface area contributed by atoms with Crippen LogP contribution in [0.2, 0.25) is 0 Å². The second-order valence-electron chi connectivity index (χ2n) is 5.45. The molecule has 1 N–H and O–H groups in total. The second-order valence-corrected chi connectivity index (χ2v) is 5.45. The molecule has 0 bridgehead atoms. The highest BCUT2D eigenvalue weighted by Gasteiger charge is 2.23. The first kappa shape index (κ1) is 15.3. The van der Waals surface area contributed by atoms with Gasteiger partial charge >= 0.3 is 0 Å². The van der Waals surface area contributed by atoms with E-state index in [-0.39, 0.29) is 23.9 Å². The summed E-state index contributed by atoms with van der Waals surface area (Å²) in [5.74, 6) is 0.198. The van der Waals surface area contributed by atoms with Gasteiger partial charge in [-0.25, -0.2) is 0 Å². The van der Waals surface area contributed by atoms with Crippen molar-refractivity contribution in [3.63, 3.8) is 0 Å². The van der Waals surface area contributed by atoms with Crippen molar-refractivity contribution in [1.82, 2.24) is 14.8 Å². The number of likely N-dealkylation sites (tertiary alicyclic amines) is 1. The Bertz CT molecular complexity index is 567. The van der Waals surface area contributed by atoms with E-state index < -0.39 is 0 Å². The Morgan fingerprint density at radius 2 is 2.19 bits per heavy atom. The average molecular weight is 291 g/mol. The smallest absolute Gasteiger partial charge is 0.250 e. The van der Waals surface area contributed by atoms with Gasteiger partial charge in [0.1, 0.15) is 6.54 Å². The van der Waals surface area contributed by atoms with Gasteiger partial charge in [0, 0.05) is 38.8 Å². The molecule has 6 nitrogen and oxygen atoms in total. The Labute approximate surface area is 123 Å². The molecule has 1 fully saturated rings. The summed E-state index contributed by atoms with van der Waals surface area (Å²) in [5, 5.41) is 2.80. The van der Waals surface area contributed by atoms with Crippen LogP contribution in [0.25, 0.3) is 0 Å². The molecule has 114 valence electrons. The van der Waals surface area contributed by atoms with E-state index in [1.807, 2.05) is 0 Å². The summed E-state index contributed by atoms with van der Waals surface area (Å²) in [4.78, 5) is 36.6. The third kappa shape index (κ3) is 4.44. The lowest BCUT2D eigenvalue weighted by Gasteiger charge is -2.33. The van der Waals surface area contributed by atoms with Gasteiger partial charge in [-0.15, -0.1) is 0 Å². The molecule has 0 spiro atoms. The molecule has 21 heavy (non-hydrogen) atoms. The lowest BCUT2D eigenvalue weighted by Crippen LogP contribution is -2.45. The molecule has 1 aliphatic heterocycles. The number of carbonyl (C=O) groups excluding carboxylic acids is 2. The molecule has 0 saturated carbocycles. The standard InChI is InChI=1S/C15H21N3O3/c1-12(19)16-9-13-5-4-8-17(10-13)15(21)11-18-7-3-2-6-14(18)20/h2-3,6-7,13H,4-5,8-11H2,1H3,(H,16,19). The number of rotatable bonds is 4. The number of hydrogen-bond acceptors (Lipinski definition) is 3. The van der Waals surface area contributed by atoms with Crippen LogP contribution < -0.4 is 10.9 Å². The molecule has 6 heteroatoms. The zero-order valence-corrected chi connectivity index (χ0v) is 12.2. The maximum absolute atomic E-state index is 12.3. The van der Waals surface area contributed by atoms with E-state index in [1.54, 1.807) is 23.2 Å². The summed E-state index contributed by atoms with van der Waals surface area (Å²) >= 11 is 0. The first-order valence-electron chi connectivity index (χ1n) is 7.24. The molecule has 0 aliphatic carbocycles. The minimum absolute atomic E-state index is 0.0455. The summed E-state index contributed by atoms with van der Waals surface area (Å²) in [7, 11) is 0. The fourth-order valence-electron chi connectivity index (χ4n) is 2.58. The van der Waals surface area contributed by atoms with Crippen molar-refractivity contribution < 1.29 is 9.59 Å². The molecule has 2 amide bonds. The predicted molar refractivity (Wildman–Crippen MR) is 78.7 cm³/mol. The Morgan fingerprint density at radius 1 is 1.38 bits per heavy atom. The summed E-state index contributed by atoms with van der Waals surface area (Å²) in [6.45, 7) is 3.53. The van der Waals surface area contributed by atoms with E-state index in [2.05, 4.69) is 5.32 Å². The fourth-order valence-corrected chi connectivity index (χ4v) is 2.58. The molecule has 1 aromatic heterocycles. The van der Waals surface area contributed by atoms with Gasteiger partial charge < -0.3 is 14.8 Å². The minimum Gasteiger partial charge on any atom is -0.356 e. The summed E-state index contributed by atoms with van der Waals surface area (Å²) in [5.41, 5.74) is -0.169. The SMILES string of the molecule is CC(=O)NCC1CCCN(C(=O)Cn2ccccc2=O)C1. The molecule has 1 aliphatic rings. The van der Waals surface area contributed by atoms with Crippen LogP contribution in [0.1, 0.15) is 19.8 Å². The minimum atomic E-state index is -0.169. The van der Waals surface area contributed by atoms with Gasteiger partial charge in [0.2, 0.25) is 11.8 Å². The summed E-state index contributed by atoms with van der Waals surface area (Å²) in [6, 6.07) is 4.85. The fraction of sp³-hybridized carbons (Fsp3) is 0.533. The highest BCUT2D eigenvalue weighted by molar-refractivity contribution is 5.76. The van der Waals surface area contributed by atoms with Crippen molar-refractivity contribution in [2.24, 2.45) is 5.92 Å². The zero-order valence-electron chi connectivity index (χ0n) is 12.2. The van der Waals surface area contributed by atoms with Crippen molar-refractivity contribution in [3.05, 3.63) is 34.7 Å². The van der Waals surface area contributed by atoms with Crippen LogP contribution in [0.4, 0.5) is 0 Å². The van der Waals surface area contributed by atoms with Gasteiger partial charge in [-0.05, 0) is 24.8 Å². The van der Waals surface area contributed by atoms with Gasteiger partial charge in [-0.2, -0.15) is 0 Å². The van der Waals surface area contributed by atoms with Gasteiger partial charge in [0.25, 0.3) is 5.56 Å². The largest absolute Gasteiger partial charge is 0.356 e. The first-order chi connectivity index (χ1) is 10.1. The van der Waals surface area contributed by atoms with Crippen molar-refractivity contribution in [3.8, 4) is 0 Å². The van der Waals surface area contributed by atoms with Crippen LogP contribution in [0.3, 0.4) is 0 Å². The molecular weight excluding hydrogens is 270 g/mol. The molecule has 2 rings (SSSR count). The number of carbonyl (C=O) groups is 2. The van der Waals surface area contributed by atoms with Crippen LogP contribution in [-0.2, 0) is 16.1 Å². The number of amides is 2. The van der Waals surface area contributed by atoms with Gasteiger partial charge in [-0.3, -0.25) is 14.4 Å². The zero-order chi connectivity index (χ0) is 15.2. The predicted octanol–water partition coefficient (Wildman–Crippen LogP) is 0.223. The van der Waals surface area contributed by atoms with Crippen LogP contribution >= 0.6 is 0 Å². The van der Waals surface area contributed by atoms with Crippen molar-refractivity contribution >= 4 is 11.8 Å². The number of piperidine rings is 1. The van der Waals surface area contributed by atoms with Gasteiger partial charge in [0.05, 0.1) is 0 Å². The Balaban J connectivity index is 1.91. The molecule has 0 radical (unpaired) electrons. The van der Waals surface area contributed by atoms with Crippen LogP contribution in [0.5, 0.6) is 0 Å². The van der Waals surface area contributed by atoms with Gasteiger partial charge in [0.15, 0.2) is 0 Å². The topological polar surface area (TPSA) is 71.4 Å². The van der Waals surface area contributed by atoms with Crippen LogP contribution in [0.15, 0.2) is 29.2 Å². The first-order valence-corrected chi connectivity index (χ1v) is 7.24. The summed E-state index contributed by atoms with van der Waals surface area (Å²) in [6.07, 6.45) is 3.56. The van der Waals surface area contributed by atoms with Crippen molar-refractivity contribution in [1.29, 1.82) is 0 Å². The maximum Gasteiger partial charge on any atom is 0.250 e. The van der Waals surface area contributed by atoms with E-state index in [0.29, 0.717) is 19.0 Å². The Hall–Kier alpha value is -2.11. The van der Waals surface area contributed by atoms with E-state index in [4.69, 9.17) is 0 Å². The summed E-state index contributed by atoms with van der Waals surface area (Å²) < 4.78 is 1.42.